The van der Waals surface area contributed by atoms with Crippen molar-refractivity contribution >= 4 is 0 Å². The van der Waals surface area contributed by atoms with E-state index in [1.54, 1.807) is 12.1 Å². The second-order valence-electron chi connectivity index (χ2n) is 3.92. The fourth-order valence-electron chi connectivity index (χ4n) is 1.44. The third-order valence-corrected chi connectivity index (χ3v) is 2.29. The van der Waals surface area contributed by atoms with E-state index in [1.807, 2.05) is 0 Å². The Morgan fingerprint density at radius 2 is 1.74 bits per heavy atom. The molecule has 0 unspecified atom stereocenters. The molecule has 0 aliphatic carbocycles. The van der Waals surface area contributed by atoms with E-state index in [0.29, 0.717) is 6.54 Å². The molecule has 1 rings (SSSR count). The van der Waals surface area contributed by atoms with E-state index in [4.69, 9.17) is 0 Å². The van der Waals surface area contributed by atoms with Gasteiger partial charge in [0.25, 0.3) is 0 Å². The van der Waals surface area contributed by atoms with Crippen LogP contribution in [0.1, 0.15) is 18.4 Å². The van der Waals surface area contributed by atoms with Gasteiger partial charge in [0.2, 0.25) is 0 Å². The van der Waals surface area contributed by atoms with E-state index in [9.17, 15) is 22.0 Å². The van der Waals surface area contributed by atoms with Crippen molar-refractivity contribution < 1.29 is 26.7 Å². The molecule has 0 fully saturated rings. The maximum atomic E-state index is 11.9. The predicted octanol–water partition coefficient (Wildman–Crippen LogP) is 3.72. The van der Waals surface area contributed by atoms with E-state index in [1.165, 1.54) is 12.1 Å². The second kappa shape index (κ2) is 7.28. The molecule has 0 spiro atoms. The van der Waals surface area contributed by atoms with Crippen molar-refractivity contribution in [2.45, 2.75) is 32.2 Å². The molecular weight excluding hydrogens is 269 g/mol. The van der Waals surface area contributed by atoms with Crippen molar-refractivity contribution in [3.63, 3.8) is 0 Å². The van der Waals surface area contributed by atoms with Gasteiger partial charge >= 0.3 is 12.8 Å². The van der Waals surface area contributed by atoms with Gasteiger partial charge in [-0.25, -0.2) is 0 Å². The van der Waals surface area contributed by atoms with Crippen LogP contribution in [0.3, 0.4) is 0 Å². The largest absolute Gasteiger partial charge is 0.435 e. The molecule has 7 heteroatoms. The van der Waals surface area contributed by atoms with Crippen molar-refractivity contribution in [3.05, 3.63) is 29.8 Å². The highest BCUT2D eigenvalue weighted by Crippen LogP contribution is 2.20. The third kappa shape index (κ3) is 7.61. The molecule has 0 saturated carbocycles. The molecule has 19 heavy (non-hydrogen) atoms. The first kappa shape index (κ1) is 15.7. The van der Waals surface area contributed by atoms with Crippen molar-refractivity contribution in [2.75, 3.05) is 6.54 Å². The minimum absolute atomic E-state index is 0.01000. The highest BCUT2D eigenvalue weighted by molar-refractivity contribution is 5.27. The third-order valence-electron chi connectivity index (χ3n) is 2.29. The minimum Gasteiger partial charge on any atom is -0.435 e. The Hall–Kier alpha value is -1.37. The van der Waals surface area contributed by atoms with Crippen molar-refractivity contribution in [1.82, 2.24) is 5.32 Å². The van der Waals surface area contributed by atoms with Gasteiger partial charge in [-0.15, -0.1) is 0 Å². The molecule has 0 saturated heterocycles. The topological polar surface area (TPSA) is 21.3 Å². The smallest absolute Gasteiger partial charge is 0.389 e. The summed E-state index contributed by atoms with van der Waals surface area (Å²) < 4.78 is 63.5. The molecule has 0 amide bonds. The van der Waals surface area contributed by atoms with Crippen molar-refractivity contribution in [1.29, 1.82) is 0 Å². The van der Waals surface area contributed by atoms with Gasteiger partial charge in [0.05, 0.1) is 0 Å². The summed E-state index contributed by atoms with van der Waals surface area (Å²) >= 11 is 0. The Kier molecular flexibility index (Phi) is 6.01. The van der Waals surface area contributed by atoms with Crippen LogP contribution in [0.15, 0.2) is 24.3 Å². The maximum absolute atomic E-state index is 11.9. The first-order valence-electron chi connectivity index (χ1n) is 5.68. The quantitative estimate of drug-likeness (QED) is 0.608. The second-order valence-corrected chi connectivity index (χ2v) is 3.92. The molecule has 0 aliphatic heterocycles. The lowest BCUT2D eigenvalue weighted by molar-refractivity contribution is -0.135. The van der Waals surface area contributed by atoms with E-state index in [-0.39, 0.29) is 18.7 Å². The summed E-state index contributed by atoms with van der Waals surface area (Å²) in [5.74, 6) is 0.0517. The van der Waals surface area contributed by atoms with Crippen LogP contribution in [0.4, 0.5) is 22.0 Å². The van der Waals surface area contributed by atoms with Gasteiger partial charge in [0.15, 0.2) is 0 Å². The Morgan fingerprint density at radius 1 is 1.11 bits per heavy atom. The number of nitrogens with one attached hydrogen (secondary N) is 1. The molecule has 1 aromatic rings. The number of benzene rings is 1. The number of ether oxygens (including phenoxy) is 1. The van der Waals surface area contributed by atoms with Gasteiger partial charge in [0.1, 0.15) is 5.75 Å². The summed E-state index contributed by atoms with van der Waals surface area (Å²) in [6, 6.07) is 5.93. The van der Waals surface area contributed by atoms with Gasteiger partial charge in [-0.3, -0.25) is 0 Å². The summed E-state index contributed by atoms with van der Waals surface area (Å²) in [5, 5.41) is 2.85. The van der Waals surface area contributed by atoms with Gasteiger partial charge in [0, 0.05) is 13.0 Å². The Labute approximate surface area is 107 Å². The van der Waals surface area contributed by atoms with Crippen LogP contribution in [-0.2, 0) is 6.54 Å². The number of halogens is 5. The zero-order valence-electron chi connectivity index (χ0n) is 10.0. The summed E-state index contributed by atoms with van der Waals surface area (Å²) in [7, 11) is 0. The van der Waals surface area contributed by atoms with Crippen LogP contribution < -0.4 is 10.1 Å². The van der Waals surface area contributed by atoms with Crippen LogP contribution >= 0.6 is 0 Å². The molecule has 1 N–H and O–H groups in total. The summed E-state index contributed by atoms with van der Waals surface area (Å²) in [6.07, 6.45) is -4.94. The van der Waals surface area contributed by atoms with E-state index < -0.39 is 19.2 Å². The van der Waals surface area contributed by atoms with Crippen molar-refractivity contribution in [2.24, 2.45) is 0 Å². The molecule has 0 heterocycles. The first-order valence-corrected chi connectivity index (χ1v) is 5.68. The fraction of sp³-hybridized carbons (Fsp3) is 0.500. The SMILES string of the molecule is FC(F)Oc1ccc(CNCCCC(F)(F)F)cc1. The zero-order valence-corrected chi connectivity index (χ0v) is 10.0. The Morgan fingerprint density at radius 3 is 2.26 bits per heavy atom. The van der Waals surface area contributed by atoms with Crippen LogP contribution in [0.25, 0.3) is 0 Å². The molecule has 0 radical (unpaired) electrons. The molecule has 0 bridgehead atoms. The average Bonchev–Trinajstić information content (AvgIpc) is 2.28. The van der Waals surface area contributed by atoms with E-state index >= 15 is 0 Å². The van der Waals surface area contributed by atoms with Gasteiger partial charge in [-0.1, -0.05) is 12.1 Å². The number of hydrogen-bond donors (Lipinski definition) is 1. The lowest BCUT2D eigenvalue weighted by atomic mass is 10.2. The van der Waals surface area contributed by atoms with Crippen LogP contribution in [-0.4, -0.2) is 19.3 Å². The molecule has 0 aromatic heterocycles. The Bertz CT molecular complexity index is 363. The normalized spacial score (nSPS) is 11.9. The van der Waals surface area contributed by atoms with Crippen LogP contribution in [0, 0.1) is 0 Å². The van der Waals surface area contributed by atoms with Crippen LogP contribution in [0.2, 0.25) is 0 Å². The number of rotatable bonds is 7. The lowest BCUT2D eigenvalue weighted by Gasteiger charge is -2.08. The maximum Gasteiger partial charge on any atom is 0.389 e. The van der Waals surface area contributed by atoms with E-state index in [0.717, 1.165) is 5.56 Å². The highest BCUT2D eigenvalue weighted by atomic mass is 19.4. The number of alkyl halides is 5. The van der Waals surface area contributed by atoms with Gasteiger partial charge in [-0.2, -0.15) is 22.0 Å². The summed E-state index contributed by atoms with van der Waals surface area (Å²) in [4.78, 5) is 0. The molecule has 0 atom stereocenters. The molecule has 1 aromatic carbocycles. The number of hydrogen-bond acceptors (Lipinski definition) is 2. The fourth-order valence-corrected chi connectivity index (χ4v) is 1.44. The monoisotopic (exact) mass is 283 g/mol. The predicted molar refractivity (Wildman–Crippen MR) is 60.1 cm³/mol. The lowest BCUT2D eigenvalue weighted by Crippen LogP contribution is -2.17. The molecular formula is C12H14F5NO. The zero-order chi connectivity index (χ0) is 14.3. The summed E-state index contributed by atoms with van der Waals surface area (Å²) in [6.45, 7) is -2.24. The average molecular weight is 283 g/mol. The van der Waals surface area contributed by atoms with Gasteiger partial charge < -0.3 is 10.1 Å². The van der Waals surface area contributed by atoms with E-state index in [2.05, 4.69) is 10.1 Å². The van der Waals surface area contributed by atoms with Crippen LogP contribution in [0.5, 0.6) is 5.75 Å². The molecule has 2 nitrogen and oxygen atoms in total. The minimum atomic E-state index is -4.13. The van der Waals surface area contributed by atoms with Crippen molar-refractivity contribution in [3.8, 4) is 5.75 Å². The molecule has 108 valence electrons. The first-order chi connectivity index (χ1) is 8.87. The standard InChI is InChI=1S/C12H14F5NO/c13-11(14)19-10-4-2-9(3-5-10)8-18-7-1-6-12(15,16)17/h2-5,11,18H,1,6-8H2. The molecule has 0 aliphatic rings. The van der Waals surface area contributed by atoms with Gasteiger partial charge in [-0.05, 0) is 30.7 Å². The Balaban J connectivity index is 2.23. The highest BCUT2D eigenvalue weighted by Gasteiger charge is 2.25. The summed E-state index contributed by atoms with van der Waals surface area (Å²) in [5.41, 5.74) is 0.786.